The zero-order chi connectivity index (χ0) is 57.6. The van der Waals surface area contributed by atoms with Crippen LogP contribution in [0.4, 0.5) is 0 Å². The first-order valence-corrected chi connectivity index (χ1v) is 28.8. The van der Waals surface area contributed by atoms with Crippen molar-refractivity contribution in [1.82, 2.24) is 9.97 Å². The van der Waals surface area contributed by atoms with Gasteiger partial charge in [-0.05, 0) is 163 Å². The summed E-state index contributed by atoms with van der Waals surface area (Å²) in [6.07, 6.45) is 13.9. The third kappa shape index (κ3) is 17.4. The molecule has 0 unspecified atom stereocenters. The summed E-state index contributed by atoms with van der Waals surface area (Å²) >= 11 is 0. The first-order chi connectivity index (χ1) is 39.9. The van der Waals surface area contributed by atoms with Gasteiger partial charge < -0.3 is 37.9 Å². The molecule has 432 valence electrons. The van der Waals surface area contributed by atoms with Crippen molar-refractivity contribution in [1.29, 1.82) is 0 Å². The summed E-state index contributed by atoms with van der Waals surface area (Å²) in [5.74, 6) is -2.01. The lowest BCUT2D eigenvalue weighted by atomic mass is 9.87. The van der Waals surface area contributed by atoms with Crippen molar-refractivity contribution in [2.75, 3.05) is 26.4 Å². The van der Waals surface area contributed by atoms with Crippen LogP contribution in [-0.4, -0.2) is 90.2 Å². The molecule has 5 aromatic rings. The number of ketones is 1. The highest BCUT2D eigenvalue weighted by Gasteiger charge is 2.35. The summed E-state index contributed by atoms with van der Waals surface area (Å²) in [5.41, 5.74) is 3.68. The topological polar surface area (TPSA) is 219 Å². The van der Waals surface area contributed by atoms with E-state index in [0.717, 1.165) is 86.1 Å². The number of benzene rings is 4. The van der Waals surface area contributed by atoms with E-state index in [1.54, 1.807) is 24.3 Å². The molecule has 0 spiro atoms. The lowest BCUT2D eigenvalue weighted by Crippen LogP contribution is -2.30. The maximum atomic E-state index is 13.8. The van der Waals surface area contributed by atoms with Gasteiger partial charge in [-0.2, -0.15) is 0 Å². The van der Waals surface area contributed by atoms with Crippen LogP contribution in [0.2, 0.25) is 0 Å². The summed E-state index contributed by atoms with van der Waals surface area (Å²) in [6, 6.07) is 25.4. The SMILES string of the molecule is C=CC(=O)OCCCCCCOc1ccc(CCC(=O)OC2CCC(C(=O)Oc3ccc(OC(=O)C4CCC(OC(=O)CCc5ccc(OCCCCCCOC(=O)C=C)cc5)CC4)c4nc5c(nc34)C(=O)c3ccccc3-5)CC2)cc1. The highest BCUT2D eigenvalue weighted by molar-refractivity contribution is 6.20. The van der Waals surface area contributed by atoms with Crippen molar-refractivity contribution in [3.8, 4) is 34.3 Å². The molecule has 3 aliphatic carbocycles. The van der Waals surface area contributed by atoms with Crippen LogP contribution in [0, 0.1) is 11.8 Å². The molecule has 2 saturated carbocycles. The fraction of sp³-hybridized carbons (Fsp3) is 0.431. The van der Waals surface area contributed by atoms with Gasteiger partial charge in [-0.25, -0.2) is 19.6 Å². The van der Waals surface area contributed by atoms with Crippen LogP contribution in [0.5, 0.6) is 23.0 Å². The van der Waals surface area contributed by atoms with Crippen LogP contribution in [0.1, 0.15) is 143 Å². The van der Waals surface area contributed by atoms with E-state index in [4.69, 9.17) is 47.9 Å². The fourth-order valence-corrected chi connectivity index (χ4v) is 10.3. The van der Waals surface area contributed by atoms with Crippen LogP contribution in [0.15, 0.2) is 110 Å². The fourth-order valence-electron chi connectivity index (χ4n) is 10.3. The number of hydrogen-bond donors (Lipinski definition) is 0. The highest BCUT2D eigenvalue weighted by Crippen LogP contribution is 2.41. The summed E-state index contributed by atoms with van der Waals surface area (Å²) < 4.78 is 45.4. The lowest BCUT2D eigenvalue weighted by molar-refractivity contribution is -0.153. The van der Waals surface area contributed by atoms with Gasteiger partial charge in [-0.3, -0.25) is 24.0 Å². The number of nitrogens with zero attached hydrogens (tertiary/aromatic N) is 2. The number of fused-ring (bicyclic) bond motifs is 4. The largest absolute Gasteiger partial charge is 0.494 e. The van der Waals surface area contributed by atoms with E-state index >= 15 is 0 Å². The third-order valence-corrected chi connectivity index (χ3v) is 14.9. The number of ether oxygens (including phenoxy) is 8. The maximum absolute atomic E-state index is 13.8. The minimum atomic E-state index is -0.496. The number of aryl methyl sites for hydroxylation is 2. The van der Waals surface area contributed by atoms with E-state index in [1.165, 1.54) is 12.1 Å². The second-order valence-electron chi connectivity index (χ2n) is 20.9. The molecule has 4 aromatic carbocycles. The quantitative estimate of drug-likeness (QED) is 0.0135. The predicted octanol–water partition coefficient (Wildman–Crippen LogP) is 11.5. The molecule has 17 nitrogen and oxygen atoms in total. The first-order valence-electron chi connectivity index (χ1n) is 28.8. The number of rotatable bonds is 30. The Hall–Kier alpha value is -8.21. The summed E-state index contributed by atoms with van der Waals surface area (Å²) in [7, 11) is 0. The minimum absolute atomic E-state index is 0.0689. The van der Waals surface area contributed by atoms with E-state index in [9.17, 15) is 33.6 Å². The standard InChI is InChI=1S/C65H72N2O15/c1-3-55(68)77-41-13-7-5-11-39-75-47-27-17-43(18-28-47)21-37-57(70)79-49-31-23-45(24-32-49)64(73)81-53-35-36-54(61-60(53)66-59-51-15-9-10-16-52(51)63(72)62(59)67-61)82-65(74)46-25-33-50(34-26-46)80-58(71)38-22-44-19-29-48(30-20-44)76-40-12-6-8-14-42-78-56(69)4-2/h3-4,9-10,15-20,27-30,35-36,45-46,49-50H,1-2,5-8,11-14,21-26,31-34,37-42H2. The second kappa shape index (κ2) is 30.6. The van der Waals surface area contributed by atoms with Gasteiger partial charge in [0.05, 0.1) is 38.3 Å². The Bertz CT molecular complexity index is 3050. The van der Waals surface area contributed by atoms with Crippen molar-refractivity contribution in [2.24, 2.45) is 11.8 Å². The molecule has 3 aliphatic rings. The smallest absolute Gasteiger partial charge is 0.330 e. The van der Waals surface area contributed by atoms with Crippen molar-refractivity contribution in [3.63, 3.8) is 0 Å². The Morgan fingerprint density at radius 1 is 0.476 bits per heavy atom. The number of unbranched alkanes of at least 4 members (excludes halogenated alkanes) is 6. The Morgan fingerprint density at radius 2 is 0.878 bits per heavy atom. The van der Waals surface area contributed by atoms with Crippen LogP contribution >= 0.6 is 0 Å². The molecule has 0 amide bonds. The van der Waals surface area contributed by atoms with Gasteiger partial charge in [0.2, 0.25) is 5.78 Å². The minimum Gasteiger partial charge on any atom is -0.494 e. The molecule has 82 heavy (non-hydrogen) atoms. The van der Waals surface area contributed by atoms with Crippen LogP contribution in [-0.2, 0) is 60.6 Å². The van der Waals surface area contributed by atoms with E-state index in [0.29, 0.717) is 107 Å². The molecular weight excluding hydrogens is 1050 g/mol. The van der Waals surface area contributed by atoms with Crippen molar-refractivity contribution in [3.05, 3.63) is 133 Å². The average Bonchev–Trinajstić information content (AvgIpc) is 3.99. The van der Waals surface area contributed by atoms with Gasteiger partial charge in [0.25, 0.3) is 0 Å². The summed E-state index contributed by atoms with van der Waals surface area (Å²) in [4.78, 5) is 98.9. The zero-order valence-electron chi connectivity index (χ0n) is 46.4. The van der Waals surface area contributed by atoms with E-state index < -0.39 is 35.7 Å². The molecule has 0 atom stereocenters. The van der Waals surface area contributed by atoms with Crippen molar-refractivity contribution >= 4 is 52.6 Å². The zero-order valence-corrected chi connectivity index (χ0v) is 46.4. The Labute approximate surface area is 478 Å². The van der Waals surface area contributed by atoms with Gasteiger partial charge in [-0.1, -0.05) is 61.7 Å². The average molecular weight is 1120 g/mol. The third-order valence-electron chi connectivity index (χ3n) is 14.9. The predicted molar refractivity (Wildman–Crippen MR) is 303 cm³/mol. The van der Waals surface area contributed by atoms with E-state index in [1.807, 2.05) is 48.5 Å². The molecule has 0 radical (unpaired) electrons. The molecule has 2 fully saturated rings. The molecule has 1 heterocycles. The molecule has 0 N–H and O–H groups in total. The maximum Gasteiger partial charge on any atom is 0.330 e. The van der Waals surface area contributed by atoms with Gasteiger partial charge in [0, 0.05) is 36.1 Å². The van der Waals surface area contributed by atoms with Gasteiger partial charge in [0.1, 0.15) is 46.1 Å². The monoisotopic (exact) mass is 1120 g/mol. The van der Waals surface area contributed by atoms with Crippen LogP contribution in [0.25, 0.3) is 22.3 Å². The van der Waals surface area contributed by atoms with Gasteiger partial charge in [0.15, 0.2) is 11.5 Å². The lowest BCUT2D eigenvalue weighted by Gasteiger charge is -2.27. The molecule has 0 aliphatic heterocycles. The molecular formula is C65H72N2O15. The normalized spacial score (nSPS) is 17.1. The van der Waals surface area contributed by atoms with Crippen molar-refractivity contribution < 1.29 is 71.5 Å². The summed E-state index contributed by atoms with van der Waals surface area (Å²) in [5, 5.41) is 0. The Balaban J connectivity index is 0.769. The molecule has 1 aromatic heterocycles. The van der Waals surface area contributed by atoms with Crippen molar-refractivity contribution in [2.45, 2.75) is 141 Å². The molecule has 17 heteroatoms. The second-order valence-corrected chi connectivity index (χ2v) is 20.9. The number of hydrogen-bond acceptors (Lipinski definition) is 17. The number of carbonyl (C=O) groups excluding carboxylic acids is 7. The number of carbonyl (C=O) groups is 7. The highest BCUT2D eigenvalue weighted by atomic mass is 16.6. The van der Waals surface area contributed by atoms with Gasteiger partial charge in [-0.15, -0.1) is 0 Å². The Morgan fingerprint density at radius 3 is 1.30 bits per heavy atom. The molecule has 0 saturated heterocycles. The van der Waals surface area contributed by atoms with E-state index in [-0.39, 0.29) is 71.0 Å². The number of esters is 6. The van der Waals surface area contributed by atoms with Crippen LogP contribution in [0.3, 0.4) is 0 Å². The van der Waals surface area contributed by atoms with Gasteiger partial charge >= 0.3 is 35.8 Å². The molecule has 8 rings (SSSR count). The first kappa shape index (κ1) is 59.9. The summed E-state index contributed by atoms with van der Waals surface area (Å²) in [6.45, 7) is 8.69. The van der Waals surface area contributed by atoms with E-state index in [2.05, 4.69) is 13.2 Å². The molecule has 0 bridgehead atoms. The number of aromatic nitrogens is 2. The Kier molecular flexibility index (Phi) is 22.3. The van der Waals surface area contributed by atoms with Crippen LogP contribution < -0.4 is 18.9 Å².